The first kappa shape index (κ1) is 10.7. The van der Waals surface area contributed by atoms with E-state index in [1.807, 2.05) is 5.38 Å². The molecule has 0 saturated carbocycles. The molecule has 0 saturated heterocycles. The van der Waals surface area contributed by atoms with Crippen molar-refractivity contribution >= 4 is 28.9 Å². The maximum Gasteiger partial charge on any atom is 0.316 e. The summed E-state index contributed by atoms with van der Waals surface area (Å²) in [4.78, 5) is 22.0. The number of nitrogens with one attached hydrogen (secondary N) is 1. The average molecular weight is 213 g/mol. The van der Waals surface area contributed by atoms with E-state index >= 15 is 0 Å². The number of carboxylic acid groups (broad SMARTS) is 1. The predicted octanol–water partition coefficient (Wildman–Crippen LogP) is 1.80. The summed E-state index contributed by atoms with van der Waals surface area (Å²) in [6.45, 7) is 1.67. The standard InChI is InChI=1S/C9H11NO3S/c1-2-7(9(12)13)8(11)10-6-3-4-14-5-6/h3-5,7H,2H2,1H3,(H,10,11)(H,12,13). The molecule has 0 aromatic carbocycles. The number of carbonyl (C=O) groups is 2. The van der Waals surface area contributed by atoms with Gasteiger partial charge in [-0.2, -0.15) is 11.3 Å². The van der Waals surface area contributed by atoms with Gasteiger partial charge in [0.2, 0.25) is 5.91 Å². The molecule has 0 radical (unpaired) electrons. The molecular weight excluding hydrogens is 202 g/mol. The second kappa shape index (κ2) is 4.76. The Labute approximate surface area is 85.6 Å². The zero-order valence-electron chi connectivity index (χ0n) is 7.69. The van der Waals surface area contributed by atoms with Gasteiger partial charge in [-0.1, -0.05) is 6.92 Å². The summed E-state index contributed by atoms with van der Waals surface area (Å²) in [5, 5.41) is 14.8. The molecule has 0 spiro atoms. The van der Waals surface area contributed by atoms with Crippen LogP contribution in [0.15, 0.2) is 16.8 Å². The van der Waals surface area contributed by atoms with Crippen LogP contribution in [0.1, 0.15) is 13.3 Å². The van der Waals surface area contributed by atoms with Crippen LogP contribution in [0, 0.1) is 5.92 Å². The molecule has 0 aliphatic carbocycles. The predicted molar refractivity (Wildman–Crippen MR) is 54.4 cm³/mol. The Morgan fingerprint density at radius 1 is 1.64 bits per heavy atom. The van der Waals surface area contributed by atoms with Crippen LogP contribution in [-0.4, -0.2) is 17.0 Å². The lowest BCUT2D eigenvalue weighted by atomic mass is 10.1. The van der Waals surface area contributed by atoms with Crippen LogP contribution in [-0.2, 0) is 9.59 Å². The highest BCUT2D eigenvalue weighted by Gasteiger charge is 2.23. The number of thiophene rings is 1. The largest absolute Gasteiger partial charge is 0.481 e. The zero-order chi connectivity index (χ0) is 10.6. The second-order valence-electron chi connectivity index (χ2n) is 2.80. The lowest BCUT2D eigenvalue weighted by Crippen LogP contribution is -2.28. The van der Waals surface area contributed by atoms with Crippen LogP contribution in [0.3, 0.4) is 0 Å². The Morgan fingerprint density at radius 2 is 2.36 bits per heavy atom. The summed E-state index contributed by atoms with van der Waals surface area (Å²) >= 11 is 1.45. The summed E-state index contributed by atoms with van der Waals surface area (Å²) in [7, 11) is 0. The van der Waals surface area contributed by atoms with Gasteiger partial charge in [0.1, 0.15) is 5.92 Å². The van der Waals surface area contributed by atoms with Crippen LogP contribution in [0.25, 0.3) is 0 Å². The summed E-state index contributed by atoms with van der Waals surface area (Å²) in [6, 6.07) is 1.73. The summed E-state index contributed by atoms with van der Waals surface area (Å²) in [5.74, 6) is -2.51. The monoisotopic (exact) mass is 213 g/mol. The minimum atomic E-state index is -1.08. The molecule has 4 nitrogen and oxygen atoms in total. The van der Waals surface area contributed by atoms with Crippen molar-refractivity contribution in [3.05, 3.63) is 16.8 Å². The van der Waals surface area contributed by atoms with E-state index in [0.717, 1.165) is 0 Å². The number of hydrogen-bond donors (Lipinski definition) is 2. The highest BCUT2D eigenvalue weighted by molar-refractivity contribution is 7.08. The summed E-state index contributed by atoms with van der Waals surface area (Å²) in [5.41, 5.74) is 0.653. The molecule has 0 aliphatic rings. The topological polar surface area (TPSA) is 66.4 Å². The SMILES string of the molecule is CCC(C(=O)O)C(=O)Nc1ccsc1. The molecule has 0 bridgehead atoms. The molecule has 1 unspecified atom stereocenters. The lowest BCUT2D eigenvalue weighted by molar-refractivity contribution is -0.145. The van der Waals surface area contributed by atoms with Gasteiger partial charge < -0.3 is 10.4 Å². The van der Waals surface area contributed by atoms with Gasteiger partial charge in [0, 0.05) is 5.38 Å². The van der Waals surface area contributed by atoms with E-state index in [1.165, 1.54) is 11.3 Å². The number of hydrogen-bond acceptors (Lipinski definition) is 3. The van der Waals surface area contributed by atoms with Crippen molar-refractivity contribution in [2.45, 2.75) is 13.3 Å². The number of carboxylic acids is 1. The number of aliphatic carboxylic acids is 1. The third kappa shape index (κ3) is 2.56. The van der Waals surface area contributed by atoms with E-state index in [4.69, 9.17) is 5.11 Å². The van der Waals surface area contributed by atoms with Gasteiger partial charge >= 0.3 is 5.97 Å². The van der Waals surface area contributed by atoms with Gasteiger partial charge in [-0.25, -0.2) is 0 Å². The van der Waals surface area contributed by atoms with Gasteiger partial charge in [-0.05, 0) is 17.9 Å². The number of carbonyl (C=O) groups excluding carboxylic acids is 1. The fraction of sp³-hybridized carbons (Fsp3) is 0.333. The molecule has 1 amide bonds. The first-order chi connectivity index (χ1) is 6.65. The van der Waals surface area contributed by atoms with E-state index in [1.54, 1.807) is 18.4 Å². The number of amides is 1. The van der Waals surface area contributed by atoms with Crippen molar-refractivity contribution in [1.82, 2.24) is 0 Å². The Hall–Kier alpha value is -1.36. The van der Waals surface area contributed by atoms with Crippen LogP contribution >= 0.6 is 11.3 Å². The van der Waals surface area contributed by atoms with Crippen molar-refractivity contribution < 1.29 is 14.7 Å². The second-order valence-corrected chi connectivity index (χ2v) is 3.58. The van der Waals surface area contributed by atoms with E-state index in [9.17, 15) is 9.59 Å². The molecule has 1 rings (SSSR count). The van der Waals surface area contributed by atoms with Crippen LogP contribution in [0.2, 0.25) is 0 Å². The van der Waals surface area contributed by atoms with Crippen molar-refractivity contribution in [3.8, 4) is 0 Å². The van der Waals surface area contributed by atoms with Gasteiger partial charge in [-0.15, -0.1) is 0 Å². The van der Waals surface area contributed by atoms with Gasteiger partial charge in [0.05, 0.1) is 5.69 Å². The molecule has 0 aliphatic heterocycles. The van der Waals surface area contributed by atoms with Gasteiger partial charge in [-0.3, -0.25) is 9.59 Å². The maximum atomic E-state index is 11.4. The van der Waals surface area contributed by atoms with Crippen LogP contribution in [0.4, 0.5) is 5.69 Å². The Balaban J connectivity index is 2.61. The first-order valence-corrected chi connectivity index (χ1v) is 5.15. The van der Waals surface area contributed by atoms with Crippen LogP contribution < -0.4 is 5.32 Å². The zero-order valence-corrected chi connectivity index (χ0v) is 8.50. The summed E-state index contributed by atoms with van der Waals surface area (Å²) < 4.78 is 0. The molecule has 14 heavy (non-hydrogen) atoms. The molecule has 1 aromatic heterocycles. The third-order valence-corrected chi connectivity index (χ3v) is 2.49. The molecule has 76 valence electrons. The molecule has 1 aromatic rings. The molecule has 1 atom stereocenters. The minimum absolute atomic E-state index is 0.297. The van der Waals surface area contributed by atoms with E-state index in [0.29, 0.717) is 12.1 Å². The molecule has 0 fully saturated rings. The van der Waals surface area contributed by atoms with E-state index < -0.39 is 17.8 Å². The molecule has 5 heteroatoms. The lowest BCUT2D eigenvalue weighted by Gasteiger charge is -2.08. The maximum absolute atomic E-state index is 11.4. The smallest absolute Gasteiger partial charge is 0.316 e. The highest BCUT2D eigenvalue weighted by atomic mass is 32.1. The highest BCUT2D eigenvalue weighted by Crippen LogP contribution is 2.14. The average Bonchev–Trinajstić information content (AvgIpc) is 2.57. The number of anilines is 1. The Morgan fingerprint density at radius 3 is 2.79 bits per heavy atom. The third-order valence-electron chi connectivity index (χ3n) is 1.81. The van der Waals surface area contributed by atoms with Gasteiger partial charge in [0.15, 0.2) is 0 Å². The molecular formula is C9H11NO3S. The van der Waals surface area contributed by atoms with Crippen molar-refractivity contribution in [2.75, 3.05) is 5.32 Å². The van der Waals surface area contributed by atoms with E-state index in [-0.39, 0.29) is 0 Å². The number of rotatable bonds is 4. The van der Waals surface area contributed by atoms with Crippen molar-refractivity contribution in [2.24, 2.45) is 5.92 Å². The Kier molecular flexibility index (Phi) is 3.64. The quantitative estimate of drug-likeness (QED) is 0.749. The Bertz CT molecular complexity index is 321. The van der Waals surface area contributed by atoms with Crippen molar-refractivity contribution in [1.29, 1.82) is 0 Å². The summed E-state index contributed by atoms with van der Waals surface area (Å²) in [6.07, 6.45) is 0.297. The van der Waals surface area contributed by atoms with Crippen LogP contribution in [0.5, 0.6) is 0 Å². The van der Waals surface area contributed by atoms with Crippen molar-refractivity contribution in [3.63, 3.8) is 0 Å². The normalized spacial score (nSPS) is 12.1. The fourth-order valence-corrected chi connectivity index (χ4v) is 1.62. The van der Waals surface area contributed by atoms with Gasteiger partial charge in [0.25, 0.3) is 0 Å². The molecule has 1 heterocycles. The minimum Gasteiger partial charge on any atom is -0.481 e. The fourth-order valence-electron chi connectivity index (χ4n) is 1.04. The first-order valence-electron chi connectivity index (χ1n) is 4.21. The molecule has 2 N–H and O–H groups in total. The van der Waals surface area contributed by atoms with E-state index in [2.05, 4.69) is 5.32 Å².